The molecule has 5 nitrogen and oxygen atoms in total. The Labute approximate surface area is 114 Å². The van der Waals surface area contributed by atoms with Crippen LogP contribution in [0.3, 0.4) is 0 Å². The molecular formula is C14H23N3O2. The van der Waals surface area contributed by atoms with Crippen molar-refractivity contribution in [1.82, 2.24) is 9.78 Å². The molecule has 1 atom stereocenters. The average molecular weight is 265 g/mol. The van der Waals surface area contributed by atoms with E-state index in [1.54, 1.807) is 6.20 Å². The summed E-state index contributed by atoms with van der Waals surface area (Å²) in [4.78, 5) is 14.4. The second-order valence-electron chi connectivity index (χ2n) is 5.40. The van der Waals surface area contributed by atoms with Crippen molar-refractivity contribution in [3.05, 3.63) is 12.4 Å². The summed E-state index contributed by atoms with van der Waals surface area (Å²) in [6.45, 7) is 8.46. The second-order valence-corrected chi connectivity index (χ2v) is 5.40. The van der Waals surface area contributed by atoms with Gasteiger partial charge in [-0.1, -0.05) is 13.8 Å². The summed E-state index contributed by atoms with van der Waals surface area (Å²) >= 11 is 0. The smallest absolute Gasteiger partial charge is 0.256 e. The Bertz CT molecular complexity index is 422. The van der Waals surface area contributed by atoms with Gasteiger partial charge in [0, 0.05) is 25.9 Å². The third-order valence-corrected chi connectivity index (χ3v) is 3.27. The maximum atomic E-state index is 12.5. The molecule has 0 N–H and O–H groups in total. The van der Waals surface area contributed by atoms with Crippen molar-refractivity contribution in [3.8, 4) is 0 Å². The Kier molecular flexibility index (Phi) is 4.58. The largest absolute Gasteiger partial charge is 0.368 e. The predicted octanol–water partition coefficient (Wildman–Crippen LogP) is 2.07. The number of anilines is 1. The number of nitrogens with zero attached hydrogens (tertiary/aromatic N) is 3. The summed E-state index contributed by atoms with van der Waals surface area (Å²) < 4.78 is 7.35. The first-order valence-electron chi connectivity index (χ1n) is 7.07. The number of carbonyl (C=O) groups excluding carboxylic acids is 1. The maximum Gasteiger partial charge on any atom is 0.256 e. The van der Waals surface area contributed by atoms with Gasteiger partial charge in [-0.25, -0.2) is 0 Å². The molecule has 1 fully saturated rings. The van der Waals surface area contributed by atoms with Crippen LogP contribution in [0.15, 0.2) is 12.4 Å². The minimum Gasteiger partial charge on any atom is -0.368 e. The fourth-order valence-electron chi connectivity index (χ4n) is 2.30. The van der Waals surface area contributed by atoms with E-state index in [0.717, 1.165) is 25.1 Å². The Balaban J connectivity index is 2.16. The Morgan fingerprint density at radius 2 is 2.42 bits per heavy atom. The Morgan fingerprint density at radius 1 is 1.63 bits per heavy atom. The zero-order valence-electron chi connectivity index (χ0n) is 12.0. The molecule has 0 unspecified atom stereocenters. The van der Waals surface area contributed by atoms with Crippen molar-refractivity contribution < 1.29 is 9.53 Å². The van der Waals surface area contributed by atoms with Crippen molar-refractivity contribution >= 4 is 11.6 Å². The predicted molar refractivity (Wildman–Crippen MR) is 74.1 cm³/mol. The first-order valence-corrected chi connectivity index (χ1v) is 7.07. The van der Waals surface area contributed by atoms with E-state index >= 15 is 0 Å². The SMILES string of the molecule is CCn1cc(N(CC(C)C)C(=O)[C@H]2CCCO2)cn1. The number of hydrogen-bond donors (Lipinski definition) is 0. The molecule has 0 aromatic carbocycles. The van der Waals surface area contributed by atoms with Gasteiger partial charge < -0.3 is 9.64 Å². The second kappa shape index (κ2) is 6.19. The number of aromatic nitrogens is 2. The van der Waals surface area contributed by atoms with Crippen molar-refractivity contribution in [3.63, 3.8) is 0 Å². The van der Waals surface area contributed by atoms with Crippen LogP contribution in [0.2, 0.25) is 0 Å². The van der Waals surface area contributed by atoms with Crippen molar-refractivity contribution in [2.24, 2.45) is 5.92 Å². The van der Waals surface area contributed by atoms with Gasteiger partial charge in [-0.2, -0.15) is 5.10 Å². The Morgan fingerprint density at radius 3 is 2.95 bits per heavy atom. The standard InChI is InChI=1S/C14H23N3O2/c1-4-16-10-12(8-15-16)17(9-11(2)3)14(18)13-6-5-7-19-13/h8,10-11,13H,4-7,9H2,1-3H3/t13-/m1/s1. The molecule has 5 heteroatoms. The Hall–Kier alpha value is -1.36. The van der Waals surface area contributed by atoms with Crippen LogP contribution in [0, 0.1) is 5.92 Å². The zero-order valence-corrected chi connectivity index (χ0v) is 12.0. The van der Waals surface area contributed by atoms with Gasteiger partial charge in [-0.3, -0.25) is 9.48 Å². The molecule has 2 heterocycles. The number of ether oxygens (including phenoxy) is 1. The van der Waals surface area contributed by atoms with Gasteiger partial charge in [0.25, 0.3) is 5.91 Å². The van der Waals surface area contributed by atoms with Crippen molar-refractivity contribution in [1.29, 1.82) is 0 Å². The molecule has 0 spiro atoms. The summed E-state index contributed by atoms with van der Waals surface area (Å²) in [6.07, 6.45) is 5.22. The molecule has 2 rings (SSSR count). The van der Waals surface area contributed by atoms with Gasteiger partial charge in [-0.15, -0.1) is 0 Å². The first-order chi connectivity index (χ1) is 9.11. The quantitative estimate of drug-likeness (QED) is 0.819. The van der Waals surface area contributed by atoms with Crippen LogP contribution < -0.4 is 4.90 Å². The summed E-state index contributed by atoms with van der Waals surface area (Å²) in [5.74, 6) is 0.484. The monoisotopic (exact) mass is 265 g/mol. The van der Waals surface area contributed by atoms with Crippen LogP contribution in [-0.2, 0) is 16.1 Å². The van der Waals surface area contributed by atoms with E-state index < -0.39 is 0 Å². The first kappa shape index (κ1) is 14.1. The molecule has 1 aliphatic heterocycles. The third-order valence-electron chi connectivity index (χ3n) is 3.27. The molecule has 1 amide bonds. The fraction of sp³-hybridized carbons (Fsp3) is 0.714. The highest BCUT2D eigenvalue weighted by molar-refractivity contribution is 5.96. The molecule has 106 valence electrons. The summed E-state index contributed by atoms with van der Waals surface area (Å²) in [5.41, 5.74) is 0.871. The molecule has 1 aromatic heterocycles. The van der Waals surface area contributed by atoms with Gasteiger partial charge in [0.1, 0.15) is 6.10 Å². The fourth-order valence-corrected chi connectivity index (χ4v) is 2.30. The minimum atomic E-state index is -0.274. The molecule has 0 bridgehead atoms. The number of aryl methyl sites for hydroxylation is 1. The normalized spacial score (nSPS) is 19.1. The van der Waals surface area contributed by atoms with Gasteiger partial charge in [-0.05, 0) is 25.7 Å². The lowest BCUT2D eigenvalue weighted by Gasteiger charge is -2.25. The average Bonchev–Trinajstić information content (AvgIpc) is 3.05. The molecule has 1 saturated heterocycles. The van der Waals surface area contributed by atoms with Gasteiger partial charge in [0.15, 0.2) is 0 Å². The molecule has 1 aromatic rings. The lowest BCUT2D eigenvalue weighted by atomic mass is 10.1. The maximum absolute atomic E-state index is 12.5. The van der Waals surface area contributed by atoms with Crippen molar-refractivity contribution in [2.45, 2.75) is 46.3 Å². The van der Waals surface area contributed by atoms with Gasteiger partial charge >= 0.3 is 0 Å². The van der Waals surface area contributed by atoms with Gasteiger partial charge in [0.05, 0.1) is 11.9 Å². The number of rotatable bonds is 5. The van der Waals surface area contributed by atoms with E-state index in [4.69, 9.17) is 4.74 Å². The number of carbonyl (C=O) groups is 1. The molecule has 1 aliphatic rings. The summed E-state index contributed by atoms with van der Waals surface area (Å²) in [7, 11) is 0. The van der Waals surface area contributed by atoms with Crippen LogP contribution in [0.4, 0.5) is 5.69 Å². The van der Waals surface area contributed by atoms with Gasteiger partial charge in [0.2, 0.25) is 0 Å². The molecule has 0 saturated carbocycles. The van der Waals surface area contributed by atoms with E-state index in [2.05, 4.69) is 18.9 Å². The zero-order chi connectivity index (χ0) is 13.8. The van der Waals surface area contributed by atoms with E-state index in [-0.39, 0.29) is 12.0 Å². The van der Waals surface area contributed by atoms with E-state index in [1.807, 2.05) is 22.7 Å². The topological polar surface area (TPSA) is 47.4 Å². The lowest BCUT2D eigenvalue weighted by molar-refractivity contribution is -0.127. The molecule has 0 radical (unpaired) electrons. The number of amides is 1. The van der Waals surface area contributed by atoms with Crippen molar-refractivity contribution in [2.75, 3.05) is 18.1 Å². The molecule has 0 aliphatic carbocycles. The van der Waals surface area contributed by atoms with Crippen LogP contribution in [0.25, 0.3) is 0 Å². The summed E-state index contributed by atoms with van der Waals surface area (Å²) in [5, 5.41) is 4.25. The van der Waals surface area contributed by atoms with E-state index in [1.165, 1.54) is 0 Å². The van der Waals surface area contributed by atoms with Crippen LogP contribution >= 0.6 is 0 Å². The highest BCUT2D eigenvalue weighted by Gasteiger charge is 2.30. The molecule has 19 heavy (non-hydrogen) atoms. The highest BCUT2D eigenvalue weighted by atomic mass is 16.5. The third kappa shape index (κ3) is 3.35. The lowest BCUT2D eigenvalue weighted by Crippen LogP contribution is -2.41. The van der Waals surface area contributed by atoms with Crippen LogP contribution in [0.1, 0.15) is 33.6 Å². The number of hydrogen-bond acceptors (Lipinski definition) is 3. The van der Waals surface area contributed by atoms with E-state index in [9.17, 15) is 4.79 Å². The summed E-state index contributed by atoms with van der Waals surface area (Å²) in [6, 6.07) is 0. The van der Waals surface area contributed by atoms with Crippen LogP contribution in [-0.4, -0.2) is 34.9 Å². The van der Waals surface area contributed by atoms with E-state index in [0.29, 0.717) is 19.1 Å². The van der Waals surface area contributed by atoms with Crippen LogP contribution in [0.5, 0.6) is 0 Å². The molecular weight excluding hydrogens is 242 g/mol. The highest BCUT2D eigenvalue weighted by Crippen LogP contribution is 2.21. The minimum absolute atomic E-state index is 0.0712.